The first-order valence-electron chi connectivity index (χ1n) is 5.07. The van der Waals surface area contributed by atoms with Crippen molar-refractivity contribution in [1.29, 1.82) is 0 Å². The Morgan fingerprint density at radius 2 is 2.12 bits per heavy atom. The first kappa shape index (κ1) is 11.6. The summed E-state index contributed by atoms with van der Waals surface area (Å²) in [6.45, 7) is 0. The van der Waals surface area contributed by atoms with Crippen LogP contribution in [-0.2, 0) is 15.2 Å². The van der Waals surface area contributed by atoms with Crippen LogP contribution in [0.2, 0.25) is 0 Å². The molecule has 0 saturated heterocycles. The molecule has 0 spiro atoms. The van der Waals surface area contributed by atoms with Crippen molar-refractivity contribution in [3.8, 4) is 0 Å². The Kier molecular flexibility index (Phi) is 2.60. The van der Waals surface area contributed by atoms with E-state index < -0.39 is 23.5 Å². The van der Waals surface area contributed by atoms with Gasteiger partial charge in [-0.2, -0.15) is 0 Å². The Bertz CT molecular complexity index is 488. The molecule has 0 aromatic heterocycles. The number of anilines is 1. The lowest BCUT2D eigenvalue weighted by atomic mass is 9.89. The molecule has 1 aliphatic heterocycles. The molecule has 5 N–H and O–H groups in total. The molecular formula is C11H12N2O4. The largest absolute Gasteiger partial charge is 0.480 e. The predicted octanol–water partition coefficient (Wildman–Crippen LogP) is -0.372. The van der Waals surface area contributed by atoms with Crippen LogP contribution in [0, 0.1) is 0 Å². The van der Waals surface area contributed by atoms with E-state index in [2.05, 4.69) is 5.32 Å². The van der Waals surface area contributed by atoms with Crippen LogP contribution in [0.4, 0.5) is 5.69 Å². The second-order valence-corrected chi connectivity index (χ2v) is 4.01. The lowest BCUT2D eigenvalue weighted by Crippen LogP contribution is -2.43. The lowest BCUT2D eigenvalue weighted by molar-refractivity contribution is -0.143. The average Bonchev–Trinajstić information content (AvgIpc) is 2.52. The zero-order chi connectivity index (χ0) is 12.6. The summed E-state index contributed by atoms with van der Waals surface area (Å²) in [6.07, 6.45) is -0.356. The predicted molar refractivity (Wildman–Crippen MR) is 59.2 cm³/mol. The highest BCUT2D eigenvalue weighted by atomic mass is 16.4. The Morgan fingerprint density at radius 1 is 1.47 bits per heavy atom. The molecule has 6 heteroatoms. The third-order valence-electron chi connectivity index (χ3n) is 2.83. The van der Waals surface area contributed by atoms with E-state index in [-0.39, 0.29) is 6.42 Å². The topological polar surface area (TPSA) is 113 Å². The first-order chi connectivity index (χ1) is 7.95. The van der Waals surface area contributed by atoms with Crippen molar-refractivity contribution in [1.82, 2.24) is 0 Å². The number of fused-ring (bicyclic) bond motifs is 1. The molecule has 6 nitrogen and oxygen atoms in total. The van der Waals surface area contributed by atoms with Crippen LogP contribution in [0.3, 0.4) is 0 Å². The average molecular weight is 236 g/mol. The van der Waals surface area contributed by atoms with Crippen LogP contribution in [0.15, 0.2) is 24.3 Å². The van der Waals surface area contributed by atoms with E-state index in [1.807, 2.05) is 0 Å². The van der Waals surface area contributed by atoms with Crippen LogP contribution >= 0.6 is 0 Å². The van der Waals surface area contributed by atoms with Gasteiger partial charge in [0.05, 0.1) is 0 Å². The monoisotopic (exact) mass is 236 g/mol. The Balaban J connectivity index is 2.37. The van der Waals surface area contributed by atoms with Gasteiger partial charge in [0.25, 0.3) is 5.91 Å². The molecule has 1 aromatic rings. The molecule has 1 unspecified atom stereocenters. The molecule has 1 aromatic carbocycles. The van der Waals surface area contributed by atoms with Crippen LogP contribution in [-0.4, -0.2) is 28.1 Å². The maximum absolute atomic E-state index is 11.7. The molecule has 1 amide bonds. The number of benzene rings is 1. The molecule has 17 heavy (non-hydrogen) atoms. The summed E-state index contributed by atoms with van der Waals surface area (Å²) in [5, 5.41) is 21.5. The Labute approximate surface area is 97.1 Å². The van der Waals surface area contributed by atoms with Gasteiger partial charge in [0.15, 0.2) is 5.60 Å². The van der Waals surface area contributed by atoms with Crippen molar-refractivity contribution in [2.24, 2.45) is 5.73 Å². The first-order valence-corrected chi connectivity index (χ1v) is 5.07. The summed E-state index contributed by atoms with van der Waals surface area (Å²) in [5.74, 6) is -1.90. The molecule has 0 radical (unpaired) electrons. The van der Waals surface area contributed by atoms with Gasteiger partial charge >= 0.3 is 5.97 Å². The summed E-state index contributed by atoms with van der Waals surface area (Å²) in [6, 6.07) is 5.29. The molecular weight excluding hydrogens is 224 g/mol. The number of hydrogen-bond acceptors (Lipinski definition) is 4. The quantitative estimate of drug-likeness (QED) is 0.572. The van der Waals surface area contributed by atoms with E-state index in [4.69, 9.17) is 10.8 Å². The highest BCUT2D eigenvalue weighted by molar-refractivity contribution is 6.05. The Hall–Kier alpha value is -1.92. The standard InChI is InChI=1S/C11H12N2O4/c12-7(9(14)15)5-11(17)6-3-1-2-4-8(6)13-10(11)16/h1-4,7,17H,5,12H2,(H,13,16)(H,14,15)/t7-,11?/m1/s1. The summed E-state index contributed by atoms with van der Waals surface area (Å²) < 4.78 is 0. The number of hydrogen-bond donors (Lipinski definition) is 4. The van der Waals surface area contributed by atoms with Gasteiger partial charge in [-0.05, 0) is 6.07 Å². The van der Waals surface area contributed by atoms with E-state index >= 15 is 0 Å². The summed E-state index contributed by atoms with van der Waals surface area (Å²) in [7, 11) is 0. The molecule has 2 atom stereocenters. The number of nitrogens with one attached hydrogen (secondary N) is 1. The van der Waals surface area contributed by atoms with Gasteiger partial charge in [-0.25, -0.2) is 0 Å². The second kappa shape index (κ2) is 3.83. The minimum atomic E-state index is -1.87. The second-order valence-electron chi connectivity index (χ2n) is 4.01. The minimum absolute atomic E-state index is 0.356. The number of amides is 1. The van der Waals surface area contributed by atoms with Crippen LogP contribution in [0.5, 0.6) is 0 Å². The van der Waals surface area contributed by atoms with Gasteiger partial charge in [-0.3, -0.25) is 9.59 Å². The molecule has 1 aliphatic rings. The molecule has 2 rings (SSSR count). The van der Waals surface area contributed by atoms with Crippen molar-refractivity contribution in [2.75, 3.05) is 5.32 Å². The van der Waals surface area contributed by atoms with Gasteiger partial charge in [0, 0.05) is 17.7 Å². The van der Waals surface area contributed by atoms with Crippen molar-refractivity contribution in [3.05, 3.63) is 29.8 Å². The minimum Gasteiger partial charge on any atom is -0.480 e. The number of rotatable bonds is 3. The molecule has 0 saturated carbocycles. The van der Waals surface area contributed by atoms with Gasteiger partial charge in [0.1, 0.15) is 6.04 Å². The molecule has 90 valence electrons. The van der Waals surface area contributed by atoms with E-state index in [9.17, 15) is 14.7 Å². The summed E-state index contributed by atoms with van der Waals surface area (Å²) >= 11 is 0. The fourth-order valence-electron chi connectivity index (χ4n) is 1.91. The van der Waals surface area contributed by atoms with E-state index in [1.165, 1.54) is 0 Å². The Morgan fingerprint density at radius 3 is 2.76 bits per heavy atom. The van der Waals surface area contributed by atoms with Gasteiger partial charge in [-0.1, -0.05) is 18.2 Å². The summed E-state index contributed by atoms with van der Waals surface area (Å²) in [4.78, 5) is 22.4. The van der Waals surface area contributed by atoms with E-state index in [0.717, 1.165) is 0 Å². The van der Waals surface area contributed by atoms with E-state index in [0.29, 0.717) is 11.3 Å². The number of aliphatic hydroxyl groups is 1. The van der Waals surface area contributed by atoms with Gasteiger partial charge < -0.3 is 21.3 Å². The molecule has 0 aliphatic carbocycles. The highest BCUT2D eigenvalue weighted by Crippen LogP contribution is 2.38. The number of aliphatic carboxylic acids is 1. The maximum Gasteiger partial charge on any atom is 0.320 e. The van der Waals surface area contributed by atoms with Crippen molar-refractivity contribution in [2.45, 2.75) is 18.1 Å². The highest BCUT2D eigenvalue weighted by Gasteiger charge is 2.46. The van der Waals surface area contributed by atoms with Crippen molar-refractivity contribution >= 4 is 17.6 Å². The molecule has 0 bridgehead atoms. The number of carbonyl (C=O) groups excluding carboxylic acids is 1. The van der Waals surface area contributed by atoms with Gasteiger partial charge in [0.2, 0.25) is 0 Å². The van der Waals surface area contributed by atoms with Crippen LogP contribution < -0.4 is 11.1 Å². The van der Waals surface area contributed by atoms with Crippen LogP contribution in [0.25, 0.3) is 0 Å². The number of para-hydroxylation sites is 1. The van der Waals surface area contributed by atoms with E-state index in [1.54, 1.807) is 24.3 Å². The fourth-order valence-corrected chi connectivity index (χ4v) is 1.91. The third-order valence-corrected chi connectivity index (χ3v) is 2.83. The van der Waals surface area contributed by atoms with Crippen molar-refractivity contribution in [3.63, 3.8) is 0 Å². The normalized spacial score (nSPS) is 24.0. The van der Waals surface area contributed by atoms with Gasteiger partial charge in [-0.15, -0.1) is 0 Å². The number of nitrogens with two attached hydrogens (primary N) is 1. The SMILES string of the molecule is N[C@H](CC1(O)C(=O)Nc2ccccc21)C(=O)O. The number of carboxylic acids is 1. The number of carbonyl (C=O) groups is 2. The molecule has 0 fully saturated rings. The molecule has 1 heterocycles. The zero-order valence-electron chi connectivity index (χ0n) is 8.88. The lowest BCUT2D eigenvalue weighted by Gasteiger charge is -2.22. The third kappa shape index (κ3) is 1.77. The smallest absolute Gasteiger partial charge is 0.320 e. The zero-order valence-corrected chi connectivity index (χ0v) is 8.88. The fraction of sp³-hybridized carbons (Fsp3) is 0.273. The van der Waals surface area contributed by atoms with Crippen molar-refractivity contribution < 1.29 is 19.8 Å². The van der Waals surface area contributed by atoms with Crippen LogP contribution in [0.1, 0.15) is 12.0 Å². The number of carboxylic acid groups (broad SMARTS) is 1. The summed E-state index contributed by atoms with van der Waals surface area (Å²) in [5.41, 5.74) is 4.34. The maximum atomic E-state index is 11.7.